The molecule has 0 aromatic heterocycles. The molecule has 1 aliphatic heterocycles. The van der Waals surface area contributed by atoms with Crippen LogP contribution >= 0.6 is 23.2 Å². The first-order valence-electron chi connectivity index (χ1n) is 6.69. The predicted molar refractivity (Wildman–Crippen MR) is 79.9 cm³/mol. The SMILES string of the molecule is CC(CN)C(=O)N1CCOC(c2cc(F)c(Cl)cc2Cl)C1. The highest BCUT2D eigenvalue weighted by Crippen LogP contribution is 2.32. The van der Waals surface area contributed by atoms with Crippen LogP contribution in [0.1, 0.15) is 18.6 Å². The molecule has 7 heteroatoms. The van der Waals surface area contributed by atoms with Crippen LogP contribution in [0.4, 0.5) is 4.39 Å². The molecule has 1 aromatic rings. The number of carbonyl (C=O) groups excluding carboxylic acids is 1. The minimum absolute atomic E-state index is 0.0312. The molecule has 0 aliphatic carbocycles. The average molecular weight is 335 g/mol. The van der Waals surface area contributed by atoms with E-state index in [2.05, 4.69) is 0 Å². The molecule has 1 aliphatic rings. The third-order valence-electron chi connectivity index (χ3n) is 3.54. The van der Waals surface area contributed by atoms with E-state index < -0.39 is 11.9 Å². The summed E-state index contributed by atoms with van der Waals surface area (Å²) in [5, 5.41) is 0.289. The second-order valence-electron chi connectivity index (χ2n) is 5.07. The van der Waals surface area contributed by atoms with E-state index >= 15 is 0 Å². The van der Waals surface area contributed by atoms with Crippen LogP contribution in [0.2, 0.25) is 10.0 Å². The second-order valence-corrected chi connectivity index (χ2v) is 5.88. The molecule has 2 unspecified atom stereocenters. The molecule has 1 amide bonds. The highest BCUT2D eigenvalue weighted by Gasteiger charge is 2.29. The Morgan fingerprint density at radius 1 is 1.52 bits per heavy atom. The van der Waals surface area contributed by atoms with Crippen molar-refractivity contribution in [1.82, 2.24) is 4.90 Å². The molecule has 0 bridgehead atoms. The summed E-state index contributed by atoms with van der Waals surface area (Å²) in [5.74, 6) is -0.837. The van der Waals surface area contributed by atoms with Gasteiger partial charge in [0.05, 0.1) is 18.2 Å². The van der Waals surface area contributed by atoms with Gasteiger partial charge in [0, 0.05) is 29.6 Å². The van der Waals surface area contributed by atoms with Gasteiger partial charge in [-0.1, -0.05) is 30.1 Å². The molecule has 116 valence electrons. The van der Waals surface area contributed by atoms with Crippen molar-refractivity contribution in [2.24, 2.45) is 11.7 Å². The molecule has 0 radical (unpaired) electrons. The second kappa shape index (κ2) is 6.92. The zero-order chi connectivity index (χ0) is 15.6. The summed E-state index contributed by atoms with van der Waals surface area (Å²) in [6, 6.07) is 2.61. The van der Waals surface area contributed by atoms with Crippen molar-refractivity contribution in [3.63, 3.8) is 0 Å². The summed E-state index contributed by atoms with van der Waals surface area (Å²) in [5.41, 5.74) is 6.02. The van der Waals surface area contributed by atoms with Gasteiger partial charge in [0.2, 0.25) is 5.91 Å². The number of nitrogens with zero attached hydrogens (tertiary/aromatic N) is 1. The van der Waals surface area contributed by atoms with Crippen molar-refractivity contribution in [3.8, 4) is 0 Å². The van der Waals surface area contributed by atoms with Crippen molar-refractivity contribution in [2.45, 2.75) is 13.0 Å². The summed E-state index contributed by atoms with van der Waals surface area (Å²) in [6.45, 7) is 3.25. The zero-order valence-electron chi connectivity index (χ0n) is 11.6. The van der Waals surface area contributed by atoms with Gasteiger partial charge in [0.1, 0.15) is 11.9 Å². The lowest BCUT2D eigenvalue weighted by molar-refractivity contribution is -0.142. The average Bonchev–Trinajstić information content (AvgIpc) is 2.49. The summed E-state index contributed by atoms with van der Waals surface area (Å²) < 4.78 is 19.2. The minimum atomic E-state index is -0.557. The molecular weight excluding hydrogens is 318 g/mol. The van der Waals surface area contributed by atoms with Gasteiger partial charge >= 0.3 is 0 Å². The number of nitrogens with two attached hydrogens (primary N) is 1. The number of ether oxygens (including phenoxy) is 1. The van der Waals surface area contributed by atoms with Crippen LogP contribution in [0, 0.1) is 11.7 Å². The van der Waals surface area contributed by atoms with E-state index in [1.54, 1.807) is 11.8 Å². The highest BCUT2D eigenvalue weighted by molar-refractivity contribution is 6.35. The van der Waals surface area contributed by atoms with E-state index in [-0.39, 0.29) is 23.4 Å². The van der Waals surface area contributed by atoms with Crippen LogP contribution in [-0.2, 0) is 9.53 Å². The molecule has 2 rings (SSSR count). The fraction of sp³-hybridized carbons (Fsp3) is 0.500. The van der Waals surface area contributed by atoms with E-state index in [1.165, 1.54) is 12.1 Å². The maximum Gasteiger partial charge on any atom is 0.226 e. The number of amides is 1. The number of rotatable bonds is 3. The smallest absolute Gasteiger partial charge is 0.226 e. The fourth-order valence-electron chi connectivity index (χ4n) is 2.23. The first kappa shape index (κ1) is 16.5. The topological polar surface area (TPSA) is 55.6 Å². The van der Waals surface area contributed by atoms with Gasteiger partial charge in [-0.05, 0) is 12.1 Å². The van der Waals surface area contributed by atoms with E-state index in [0.717, 1.165) is 0 Å². The summed E-state index contributed by atoms with van der Waals surface area (Å²) in [4.78, 5) is 13.8. The first-order chi connectivity index (χ1) is 9.93. The largest absolute Gasteiger partial charge is 0.370 e. The van der Waals surface area contributed by atoms with Crippen LogP contribution in [0.15, 0.2) is 12.1 Å². The van der Waals surface area contributed by atoms with Crippen LogP contribution in [0.3, 0.4) is 0 Å². The monoisotopic (exact) mass is 334 g/mol. The first-order valence-corrected chi connectivity index (χ1v) is 7.44. The van der Waals surface area contributed by atoms with E-state index in [0.29, 0.717) is 30.3 Å². The quantitative estimate of drug-likeness (QED) is 0.864. The van der Waals surface area contributed by atoms with Gasteiger partial charge in [-0.3, -0.25) is 4.79 Å². The number of hydrogen-bond donors (Lipinski definition) is 1. The van der Waals surface area contributed by atoms with Crippen LogP contribution < -0.4 is 5.73 Å². The zero-order valence-corrected chi connectivity index (χ0v) is 13.1. The van der Waals surface area contributed by atoms with Crippen molar-refractivity contribution >= 4 is 29.1 Å². The fourth-order valence-corrected chi connectivity index (χ4v) is 2.74. The molecule has 1 aromatic carbocycles. The Morgan fingerprint density at radius 2 is 2.24 bits per heavy atom. The third kappa shape index (κ3) is 3.66. The van der Waals surface area contributed by atoms with Gasteiger partial charge in [-0.25, -0.2) is 4.39 Å². The molecule has 2 atom stereocenters. The number of morpholine rings is 1. The van der Waals surface area contributed by atoms with Crippen LogP contribution in [0.25, 0.3) is 0 Å². The summed E-state index contributed by atoms with van der Waals surface area (Å²) in [7, 11) is 0. The summed E-state index contributed by atoms with van der Waals surface area (Å²) >= 11 is 11.8. The van der Waals surface area contributed by atoms with Crippen molar-refractivity contribution < 1.29 is 13.9 Å². The van der Waals surface area contributed by atoms with Gasteiger partial charge in [0.15, 0.2) is 0 Å². The van der Waals surface area contributed by atoms with Gasteiger partial charge in [-0.2, -0.15) is 0 Å². The molecule has 4 nitrogen and oxygen atoms in total. The number of benzene rings is 1. The number of carbonyl (C=O) groups is 1. The lowest BCUT2D eigenvalue weighted by Gasteiger charge is -2.34. The molecule has 1 heterocycles. The molecule has 21 heavy (non-hydrogen) atoms. The minimum Gasteiger partial charge on any atom is -0.370 e. The Hall–Kier alpha value is -0.880. The molecule has 0 spiro atoms. The van der Waals surface area contributed by atoms with Crippen molar-refractivity contribution in [1.29, 1.82) is 0 Å². The third-order valence-corrected chi connectivity index (χ3v) is 4.16. The Bertz CT molecular complexity index is 542. The molecule has 0 saturated carbocycles. The van der Waals surface area contributed by atoms with Crippen molar-refractivity contribution in [2.75, 3.05) is 26.2 Å². The molecular formula is C14H17Cl2FN2O2. The molecule has 2 N–H and O–H groups in total. The maximum absolute atomic E-state index is 13.6. The maximum atomic E-state index is 13.6. The van der Waals surface area contributed by atoms with Crippen LogP contribution in [0.5, 0.6) is 0 Å². The number of halogens is 3. The molecule has 1 fully saturated rings. The van der Waals surface area contributed by atoms with E-state index in [9.17, 15) is 9.18 Å². The van der Waals surface area contributed by atoms with Crippen molar-refractivity contribution in [3.05, 3.63) is 33.6 Å². The Balaban J connectivity index is 2.18. The van der Waals surface area contributed by atoms with E-state index in [1.807, 2.05) is 0 Å². The molecule has 1 saturated heterocycles. The van der Waals surface area contributed by atoms with Gasteiger partial charge < -0.3 is 15.4 Å². The lowest BCUT2D eigenvalue weighted by Crippen LogP contribution is -2.45. The normalized spacial score (nSPS) is 20.4. The standard InChI is InChI=1S/C14H17Cl2FN2O2/c1-8(6-18)14(20)19-2-3-21-13(7-19)9-4-12(17)11(16)5-10(9)15/h4-5,8,13H,2-3,6-7,18H2,1H3. The highest BCUT2D eigenvalue weighted by atomic mass is 35.5. The Labute approximate surface area is 132 Å². The number of hydrogen-bond acceptors (Lipinski definition) is 3. The van der Waals surface area contributed by atoms with Gasteiger partial charge in [0.25, 0.3) is 0 Å². The van der Waals surface area contributed by atoms with E-state index in [4.69, 9.17) is 33.7 Å². The Morgan fingerprint density at radius 3 is 2.90 bits per heavy atom. The van der Waals surface area contributed by atoms with Crippen LogP contribution in [-0.4, -0.2) is 37.0 Å². The van der Waals surface area contributed by atoms with Gasteiger partial charge in [-0.15, -0.1) is 0 Å². The lowest BCUT2D eigenvalue weighted by atomic mass is 10.1. The summed E-state index contributed by atoms with van der Waals surface area (Å²) in [6.07, 6.45) is -0.466. The predicted octanol–water partition coefficient (Wildman–Crippen LogP) is 2.63. The Kier molecular flexibility index (Phi) is 5.43.